The monoisotopic (exact) mass is 172 g/mol. The first-order valence-electron chi connectivity index (χ1n) is 4.03. The van der Waals surface area contributed by atoms with Crippen LogP contribution >= 0.6 is 12.6 Å². The van der Waals surface area contributed by atoms with Crippen LogP contribution in [0.25, 0.3) is 0 Å². The standard InChI is InChI=1S/C9H16OS/c1-4-5-6-8(7(2)3)9(10)11/h6-7H,4-5H2,1-3H3,(H,10,11). The van der Waals surface area contributed by atoms with Crippen LogP contribution in [0.15, 0.2) is 11.6 Å². The van der Waals surface area contributed by atoms with Gasteiger partial charge in [0, 0.05) is 5.57 Å². The first-order valence-corrected chi connectivity index (χ1v) is 4.47. The molecule has 0 fully saturated rings. The molecule has 0 aliphatic carbocycles. The largest absolute Gasteiger partial charge is 0.282 e. The van der Waals surface area contributed by atoms with E-state index < -0.39 is 0 Å². The van der Waals surface area contributed by atoms with Crippen molar-refractivity contribution >= 4 is 17.7 Å². The smallest absolute Gasteiger partial charge is 0.212 e. The Labute approximate surface area is 74.3 Å². The van der Waals surface area contributed by atoms with Crippen LogP contribution < -0.4 is 0 Å². The van der Waals surface area contributed by atoms with E-state index in [-0.39, 0.29) is 5.12 Å². The summed E-state index contributed by atoms with van der Waals surface area (Å²) in [5.41, 5.74) is 0.843. The Morgan fingerprint density at radius 3 is 2.36 bits per heavy atom. The van der Waals surface area contributed by atoms with Crippen LogP contribution in [0.5, 0.6) is 0 Å². The van der Waals surface area contributed by atoms with Gasteiger partial charge in [0.25, 0.3) is 0 Å². The Balaban J connectivity index is 4.21. The number of hydrogen-bond acceptors (Lipinski definition) is 1. The third-order valence-corrected chi connectivity index (χ3v) is 1.78. The second-order valence-electron chi connectivity index (χ2n) is 2.91. The average Bonchev–Trinajstić information content (AvgIpc) is 1.87. The van der Waals surface area contributed by atoms with Gasteiger partial charge in [-0.1, -0.05) is 33.3 Å². The Morgan fingerprint density at radius 1 is 1.55 bits per heavy atom. The molecule has 2 heteroatoms. The third kappa shape index (κ3) is 4.25. The van der Waals surface area contributed by atoms with Gasteiger partial charge < -0.3 is 0 Å². The summed E-state index contributed by atoms with van der Waals surface area (Å²) in [4.78, 5) is 10.9. The van der Waals surface area contributed by atoms with E-state index in [1.54, 1.807) is 0 Å². The number of hydrogen-bond donors (Lipinski definition) is 1. The Hall–Kier alpha value is -0.240. The first kappa shape index (κ1) is 10.8. The SMILES string of the molecule is CCCC=C(C(=O)S)C(C)C. The molecule has 0 bridgehead atoms. The second kappa shape index (κ2) is 5.42. The highest BCUT2D eigenvalue weighted by molar-refractivity contribution is 7.97. The minimum Gasteiger partial charge on any atom is -0.282 e. The van der Waals surface area contributed by atoms with Gasteiger partial charge in [0.1, 0.15) is 0 Å². The van der Waals surface area contributed by atoms with E-state index in [2.05, 4.69) is 19.6 Å². The second-order valence-corrected chi connectivity index (χ2v) is 3.31. The number of rotatable bonds is 4. The van der Waals surface area contributed by atoms with Crippen molar-refractivity contribution in [2.75, 3.05) is 0 Å². The maximum Gasteiger partial charge on any atom is 0.212 e. The fourth-order valence-corrected chi connectivity index (χ4v) is 1.22. The van der Waals surface area contributed by atoms with E-state index in [1.807, 2.05) is 19.9 Å². The van der Waals surface area contributed by atoms with Crippen molar-refractivity contribution in [1.82, 2.24) is 0 Å². The van der Waals surface area contributed by atoms with Gasteiger partial charge in [-0.15, -0.1) is 12.6 Å². The molecule has 0 saturated heterocycles. The molecule has 0 unspecified atom stereocenters. The van der Waals surface area contributed by atoms with Crippen LogP contribution in [0, 0.1) is 5.92 Å². The van der Waals surface area contributed by atoms with E-state index in [9.17, 15) is 4.79 Å². The van der Waals surface area contributed by atoms with Gasteiger partial charge >= 0.3 is 0 Å². The quantitative estimate of drug-likeness (QED) is 0.509. The predicted molar refractivity (Wildman–Crippen MR) is 51.8 cm³/mol. The predicted octanol–water partition coefficient (Wildman–Crippen LogP) is 2.83. The molecule has 0 radical (unpaired) electrons. The molecule has 0 amide bonds. The summed E-state index contributed by atoms with van der Waals surface area (Å²) in [6, 6.07) is 0. The summed E-state index contributed by atoms with van der Waals surface area (Å²) in [6.07, 6.45) is 4.04. The van der Waals surface area contributed by atoms with Crippen molar-refractivity contribution in [3.05, 3.63) is 11.6 Å². The Morgan fingerprint density at radius 2 is 2.09 bits per heavy atom. The zero-order valence-electron chi connectivity index (χ0n) is 7.42. The van der Waals surface area contributed by atoms with Gasteiger partial charge in [-0.2, -0.15) is 0 Å². The zero-order chi connectivity index (χ0) is 8.85. The summed E-state index contributed by atoms with van der Waals surface area (Å²) in [7, 11) is 0. The number of allylic oxidation sites excluding steroid dienone is 1. The van der Waals surface area contributed by atoms with Gasteiger partial charge in [0.05, 0.1) is 0 Å². The van der Waals surface area contributed by atoms with Crippen molar-refractivity contribution in [2.45, 2.75) is 33.6 Å². The maximum atomic E-state index is 10.9. The third-order valence-electron chi connectivity index (χ3n) is 1.52. The number of thiol groups is 1. The zero-order valence-corrected chi connectivity index (χ0v) is 8.32. The van der Waals surface area contributed by atoms with Crippen LogP contribution in [0.2, 0.25) is 0 Å². The molecule has 0 saturated carbocycles. The van der Waals surface area contributed by atoms with Gasteiger partial charge in [-0.25, -0.2) is 0 Å². The molecule has 0 atom stereocenters. The van der Waals surface area contributed by atoms with Gasteiger partial charge in [0.15, 0.2) is 0 Å². The topological polar surface area (TPSA) is 17.1 Å². The van der Waals surface area contributed by atoms with E-state index in [1.165, 1.54) is 0 Å². The summed E-state index contributed by atoms with van der Waals surface area (Å²) < 4.78 is 0. The molecule has 0 rings (SSSR count). The van der Waals surface area contributed by atoms with Crippen molar-refractivity contribution in [3.63, 3.8) is 0 Å². The van der Waals surface area contributed by atoms with Gasteiger partial charge in [0.2, 0.25) is 5.12 Å². The summed E-state index contributed by atoms with van der Waals surface area (Å²) in [5.74, 6) is 0.298. The molecule has 0 N–H and O–H groups in total. The van der Waals surface area contributed by atoms with Gasteiger partial charge in [-0.05, 0) is 12.3 Å². The van der Waals surface area contributed by atoms with Crippen molar-refractivity contribution in [1.29, 1.82) is 0 Å². The van der Waals surface area contributed by atoms with E-state index >= 15 is 0 Å². The Kier molecular flexibility index (Phi) is 5.30. The van der Waals surface area contributed by atoms with Crippen LogP contribution in [-0.2, 0) is 4.79 Å². The normalized spacial score (nSPS) is 12.3. The maximum absolute atomic E-state index is 10.9. The summed E-state index contributed by atoms with van der Waals surface area (Å²) >= 11 is 3.80. The lowest BCUT2D eigenvalue weighted by atomic mass is 10.0. The molecular weight excluding hydrogens is 156 g/mol. The van der Waals surface area contributed by atoms with Crippen molar-refractivity contribution < 1.29 is 4.79 Å². The lowest BCUT2D eigenvalue weighted by Crippen LogP contribution is -2.01. The molecular formula is C9H16OS. The van der Waals surface area contributed by atoms with Crippen molar-refractivity contribution in [2.24, 2.45) is 5.92 Å². The van der Waals surface area contributed by atoms with E-state index in [0.29, 0.717) is 5.92 Å². The van der Waals surface area contributed by atoms with Crippen molar-refractivity contribution in [3.8, 4) is 0 Å². The highest BCUT2D eigenvalue weighted by Crippen LogP contribution is 2.13. The minimum atomic E-state index is -0.0894. The van der Waals surface area contributed by atoms with Gasteiger partial charge in [-0.3, -0.25) is 4.79 Å². The molecule has 11 heavy (non-hydrogen) atoms. The lowest BCUT2D eigenvalue weighted by molar-refractivity contribution is -0.108. The molecule has 0 aromatic carbocycles. The molecule has 0 heterocycles. The fraction of sp³-hybridized carbons (Fsp3) is 0.667. The fourth-order valence-electron chi connectivity index (χ4n) is 0.870. The molecule has 0 aromatic rings. The minimum absolute atomic E-state index is 0.0894. The molecule has 0 aromatic heterocycles. The summed E-state index contributed by atoms with van der Waals surface area (Å²) in [5, 5.41) is -0.0894. The highest BCUT2D eigenvalue weighted by atomic mass is 32.1. The van der Waals surface area contributed by atoms with Crippen LogP contribution in [-0.4, -0.2) is 5.12 Å². The average molecular weight is 172 g/mol. The van der Waals surface area contributed by atoms with Crippen LogP contribution in [0.3, 0.4) is 0 Å². The van der Waals surface area contributed by atoms with E-state index in [4.69, 9.17) is 0 Å². The number of carbonyl (C=O) groups is 1. The van der Waals surface area contributed by atoms with Crippen LogP contribution in [0.1, 0.15) is 33.6 Å². The van der Waals surface area contributed by atoms with E-state index in [0.717, 1.165) is 18.4 Å². The molecule has 0 aliphatic heterocycles. The Bertz CT molecular complexity index is 159. The first-order chi connectivity index (χ1) is 5.09. The lowest BCUT2D eigenvalue weighted by Gasteiger charge is -2.05. The molecule has 0 aliphatic rings. The molecule has 0 spiro atoms. The molecule has 64 valence electrons. The summed E-state index contributed by atoms with van der Waals surface area (Å²) in [6.45, 7) is 6.11. The number of unbranched alkanes of at least 4 members (excludes halogenated alkanes) is 1. The number of carbonyl (C=O) groups excluding carboxylic acids is 1. The molecule has 1 nitrogen and oxygen atoms in total. The van der Waals surface area contributed by atoms with Crippen LogP contribution in [0.4, 0.5) is 0 Å². The highest BCUT2D eigenvalue weighted by Gasteiger charge is 2.07.